The Bertz CT molecular complexity index is 653. The first-order chi connectivity index (χ1) is 12.9. The van der Waals surface area contributed by atoms with Crippen molar-refractivity contribution >= 4 is 5.91 Å². The lowest BCUT2D eigenvalue weighted by Crippen LogP contribution is -2.49. The lowest BCUT2D eigenvalue weighted by molar-refractivity contribution is -0.139. The summed E-state index contributed by atoms with van der Waals surface area (Å²) >= 11 is 0. The van der Waals surface area contributed by atoms with Gasteiger partial charge in [0, 0.05) is 24.1 Å². The SMILES string of the molecule is CC1/C=C\C=C(/N)NC2NNC3=C2CN(C3)C(=O)C(C)(C)CCCCCO1. The second kappa shape index (κ2) is 8.35. The van der Waals surface area contributed by atoms with E-state index in [0.29, 0.717) is 18.9 Å². The van der Waals surface area contributed by atoms with E-state index >= 15 is 0 Å². The number of allylic oxidation sites excluding steroid dienone is 2. The Balaban J connectivity index is 1.73. The molecule has 0 aliphatic carbocycles. The van der Waals surface area contributed by atoms with Crippen molar-refractivity contribution in [3.63, 3.8) is 0 Å². The molecular weight excluding hydrogens is 342 g/mol. The molecule has 0 aromatic carbocycles. The Labute approximate surface area is 162 Å². The van der Waals surface area contributed by atoms with Crippen LogP contribution in [0.1, 0.15) is 46.5 Å². The van der Waals surface area contributed by atoms with E-state index < -0.39 is 0 Å². The molecule has 1 amide bonds. The van der Waals surface area contributed by atoms with Crippen molar-refractivity contribution in [3.8, 4) is 0 Å². The van der Waals surface area contributed by atoms with Crippen molar-refractivity contribution in [2.45, 2.75) is 58.7 Å². The van der Waals surface area contributed by atoms with Gasteiger partial charge in [-0.3, -0.25) is 4.79 Å². The molecule has 7 nitrogen and oxygen atoms in total. The smallest absolute Gasteiger partial charge is 0.228 e. The first-order valence-electron chi connectivity index (χ1n) is 9.92. The van der Waals surface area contributed by atoms with E-state index in [9.17, 15) is 4.79 Å². The molecule has 0 aromatic rings. The van der Waals surface area contributed by atoms with Crippen LogP contribution in [-0.4, -0.2) is 42.8 Å². The van der Waals surface area contributed by atoms with Gasteiger partial charge in [-0.25, -0.2) is 5.43 Å². The molecule has 5 N–H and O–H groups in total. The van der Waals surface area contributed by atoms with Crippen LogP contribution in [0.25, 0.3) is 0 Å². The van der Waals surface area contributed by atoms with Crippen molar-refractivity contribution in [1.29, 1.82) is 0 Å². The van der Waals surface area contributed by atoms with Gasteiger partial charge in [-0.1, -0.05) is 38.8 Å². The van der Waals surface area contributed by atoms with Crippen LogP contribution in [0.4, 0.5) is 0 Å². The van der Waals surface area contributed by atoms with Gasteiger partial charge in [0.05, 0.1) is 24.2 Å². The highest BCUT2D eigenvalue weighted by molar-refractivity contribution is 5.83. The Morgan fingerprint density at radius 1 is 1.26 bits per heavy atom. The van der Waals surface area contributed by atoms with Gasteiger partial charge in [-0.05, 0) is 25.8 Å². The number of carbonyl (C=O) groups excluding carboxylic acids is 1. The molecule has 7 heteroatoms. The Morgan fingerprint density at radius 2 is 2.07 bits per heavy atom. The fourth-order valence-electron chi connectivity index (χ4n) is 3.78. The number of carbonyl (C=O) groups is 1. The minimum Gasteiger partial charge on any atom is -0.385 e. The number of hydrazine groups is 1. The summed E-state index contributed by atoms with van der Waals surface area (Å²) < 4.78 is 5.81. The summed E-state index contributed by atoms with van der Waals surface area (Å²) in [5, 5.41) is 3.27. The fraction of sp³-hybridized carbons (Fsp3) is 0.650. The quantitative estimate of drug-likeness (QED) is 0.512. The molecule has 0 radical (unpaired) electrons. The van der Waals surface area contributed by atoms with Gasteiger partial charge in [0.15, 0.2) is 0 Å². The normalized spacial score (nSPS) is 32.8. The predicted octanol–water partition coefficient (Wildman–Crippen LogP) is 1.47. The van der Waals surface area contributed by atoms with Crippen molar-refractivity contribution in [3.05, 3.63) is 35.3 Å². The lowest BCUT2D eigenvalue weighted by Gasteiger charge is -2.31. The minimum atomic E-state index is -0.350. The second-order valence-corrected chi connectivity index (χ2v) is 8.29. The van der Waals surface area contributed by atoms with E-state index in [-0.39, 0.29) is 23.6 Å². The molecule has 2 atom stereocenters. The van der Waals surface area contributed by atoms with Crippen LogP contribution in [-0.2, 0) is 9.53 Å². The molecule has 0 spiro atoms. The largest absolute Gasteiger partial charge is 0.385 e. The number of nitrogens with one attached hydrogen (secondary N) is 3. The highest BCUT2D eigenvalue weighted by Crippen LogP contribution is 2.30. The third kappa shape index (κ3) is 4.84. The summed E-state index contributed by atoms with van der Waals surface area (Å²) in [6, 6.07) is 0. The first-order valence-corrected chi connectivity index (χ1v) is 9.92. The average Bonchev–Trinajstić information content (AvgIpc) is 3.18. The predicted molar refractivity (Wildman–Crippen MR) is 106 cm³/mol. The number of hydrogen-bond acceptors (Lipinski definition) is 6. The molecular formula is C20H33N5O2. The lowest BCUT2D eigenvalue weighted by atomic mass is 9.85. The molecule has 2 bridgehead atoms. The molecule has 0 saturated heterocycles. The van der Waals surface area contributed by atoms with Crippen LogP contribution in [0.5, 0.6) is 0 Å². The zero-order valence-corrected chi connectivity index (χ0v) is 16.7. The van der Waals surface area contributed by atoms with E-state index in [1.165, 1.54) is 0 Å². The van der Waals surface area contributed by atoms with Crippen molar-refractivity contribution in [1.82, 2.24) is 21.1 Å². The molecule has 0 fully saturated rings. The van der Waals surface area contributed by atoms with Crippen molar-refractivity contribution < 1.29 is 9.53 Å². The third-order valence-electron chi connectivity index (χ3n) is 5.48. The molecule has 2 unspecified atom stereocenters. The first kappa shape index (κ1) is 19.8. The molecule has 3 heterocycles. The summed E-state index contributed by atoms with van der Waals surface area (Å²) in [7, 11) is 0. The van der Waals surface area contributed by atoms with E-state index in [2.05, 4.69) is 30.0 Å². The Morgan fingerprint density at radius 3 is 2.89 bits per heavy atom. The number of hydrogen-bond donors (Lipinski definition) is 4. The summed E-state index contributed by atoms with van der Waals surface area (Å²) in [4.78, 5) is 15.0. The highest BCUT2D eigenvalue weighted by atomic mass is 16.5. The van der Waals surface area contributed by atoms with Crippen molar-refractivity contribution in [2.24, 2.45) is 11.1 Å². The van der Waals surface area contributed by atoms with E-state index in [1.807, 2.05) is 30.1 Å². The van der Waals surface area contributed by atoms with E-state index in [1.54, 1.807) is 0 Å². The van der Waals surface area contributed by atoms with E-state index in [4.69, 9.17) is 10.5 Å². The van der Waals surface area contributed by atoms with Crippen LogP contribution < -0.4 is 21.9 Å². The second-order valence-electron chi connectivity index (χ2n) is 8.29. The number of ether oxygens (including phenoxy) is 1. The number of nitrogens with zero attached hydrogens (tertiary/aromatic N) is 1. The maximum Gasteiger partial charge on any atom is 0.228 e. The fourth-order valence-corrected chi connectivity index (χ4v) is 3.78. The van der Waals surface area contributed by atoms with Crippen LogP contribution in [0, 0.1) is 5.41 Å². The number of nitrogens with two attached hydrogens (primary N) is 1. The number of fused-ring (bicyclic) bond motifs is 1. The van der Waals surface area contributed by atoms with Crippen LogP contribution in [0.2, 0.25) is 0 Å². The van der Waals surface area contributed by atoms with Gasteiger partial charge < -0.3 is 26.1 Å². The van der Waals surface area contributed by atoms with Gasteiger partial charge in [0.25, 0.3) is 0 Å². The number of amides is 1. The zero-order valence-electron chi connectivity index (χ0n) is 16.7. The molecule has 0 saturated carbocycles. The summed E-state index contributed by atoms with van der Waals surface area (Å²) in [6.45, 7) is 8.13. The third-order valence-corrected chi connectivity index (χ3v) is 5.48. The summed E-state index contributed by atoms with van der Waals surface area (Å²) in [5.74, 6) is 0.785. The highest BCUT2D eigenvalue weighted by Gasteiger charge is 2.39. The van der Waals surface area contributed by atoms with Gasteiger partial charge in [0.2, 0.25) is 5.91 Å². The van der Waals surface area contributed by atoms with E-state index in [0.717, 1.165) is 43.6 Å². The van der Waals surface area contributed by atoms with Crippen LogP contribution in [0.3, 0.4) is 0 Å². The maximum absolute atomic E-state index is 13.1. The zero-order chi connectivity index (χ0) is 19.4. The molecule has 3 aliphatic rings. The monoisotopic (exact) mass is 375 g/mol. The van der Waals surface area contributed by atoms with Gasteiger partial charge >= 0.3 is 0 Å². The van der Waals surface area contributed by atoms with Crippen LogP contribution >= 0.6 is 0 Å². The van der Waals surface area contributed by atoms with Crippen LogP contribution in [0.15, 0.2) is 35.3 Å². The average molecular weight is 376 g/mol. The van der Waals surface area contributed by atoms with Gasteiger partial charge in [-0.2, -0.15) is 0 Å². The van der Waals surface area contributed by atoms with Gasteiger partial charge in [0.1, 0.15) is 6.17 Å². The molecule has 3 aliphatic heterocycles. The maximum atomic E-state index is 13.1. The molecule has 0 aromatic heterocycles. The van der Waals surface area contributed by atoms with Crippen molar-refractivity contribution in [2.75, 3.05) is 19.7 Å². The summed E-state index contributed by atoms with van der Waals surface area (Å²) in [6.07, 6.45) is 9.72. The summed E-state index contributed by atoms with van der Waals surface area (Å²) in [5.41, 5.74) is 14.4. The topological polar surface area (TPSA) is 91.6 Å². The molecule has 27 heavy (non-hydrogen) atoms. The van der Waals surface area contributed by atoms with Gasteiger partial charge in [-0.15, -0.1) is 0 Å². The standard InChI is InChI=1S/C20H33N5O2/c1-14-8-7-9-17(21)22-18-15-12-25(13-16(15)23-24-18)19(26)20(2,3)10-5-4-6-11-27-14/h7-9,14,18,22-24H,4-6,10-13,21H2,1-3H3/b8-7-,17-9+. The molecule has 150 valence electrons. The number of rotatable bonds is 0. The Kier molecular flexibility index (Phi) is 6.11. The minimum absolute atomic E-state index is 0.0509. The Hall–Kier alpha value is -1.99. The molecule has 3 rings (SSSR count).